The molecule has 98 valence electrons. The van der Waals surface area contributed by atoms with E-state index in [1.165, 1.54) is 0 Å². The topological polar surface area (TPSA) is 42.0 Å². The van der Waals surface area contributed by atoms with Crippen LogP contribution in [0.15, 0.2) is 34.9 Å². The van der Waals surface area contributed by atoms with Crippen molar-refractivity contribution in [3.63, 3.8) is 0 Å². The minimum absolute atomic E-state index is 0.165. The van der Waals surface area contributed by atoms with Crippen molar-refractivity contribution in [3.05, 3.63) is 56.8 Å². The summed E-state index contributed by atoms with van der Waals surface area (Å²) in [6.07, 6.45) is 1.54. The number of aromatic nitrogens is 1. The standard InChI is InChI=1S/C14H12BrClN2O/c1-8-3-4-10(15)6-12(8)14(19)18-11-5-9(2)13(16)17-7-11/h3-7H,1-2H3,(H,18,19). The number of carbonyl (C=O) groups is 1. The molecule has 0 aliphatic heterocycles. The van der Waals surface area contributed by atoms with E-state index >= 15 is 0 Å². The molecule has 0 radical (unpaired) electrons. The second-order valence-electron chi connectivity index (χ2n) is 4.25. The molecule has 0 fully saturated rings. The average molecular weight is 340 g/mol. The van der Waals surface area contributed by atoms with Gasteiger partial charge in [-0.15, -0.1) is 0 Å². The van der Waals surface area contributed by atoms with E-state index in [2.05, 4.69) is 26.2 Å². The number of halogens is 2. The van der Waals surface area contributed by atoms with Gasteiger partial charge in [-0.3, -0.25) is 4.79 Å². The van der Waals surface area contributed by atoms with Gasteiger partial charge < -0.3 is 5.32 Å². The lowest BCUT2D eigenvalue weighted by Crippen LogP contribution is -2.13. The van der Waals surface area contributed by atoms with Crippen molar-refractivity contribution in [1.82, 2.24) is 4.98 Å². The third-order valence-electron chi connectivity index (χ3n) is 2.72. The normalized spacial score (nSPS) is 10.3. The van der Waals surface area contributed by atoms with Crippen LogP contribution in [0.5, 0.6) is 0 Å². The number of benzene rings is 1. The molecule has 0 aliphatic rings. The summed E-state index contributed by atoms with van der Waals surface area (Å²) in [5.74, 6) is -0.165. The molecule has 1 amide bonds. The SMILES string of the molecule is Cc1ccc(Br)cc1C(=O)Nc1cnc(Cl)c(C)c1. The Labute approximate surface area is 125 Å². The molecule has 2 aromatic rings. The fourth-order valence-electron chi connectivity index (χ4n) is 1.66. The van der Waals surface area contributed by atoms with E-state index in [1.54, 1.807) is 18.3 Å². The van der Waals surface area contributed by atoms with Crippen LogP contribution < -0.4 is 5.32 Å². The van der Waals surface area contributed by atoms with Crippen molar-refractivity contribution >= 4 is 39.1 Å². The molecule has 5 heteroatoms. The fourth-order valence-corrected chi connectivity index (χ4v) is 2.13. The summed E-state index contributed by atoms with van der Waals surface area (Å²) in [7, 11) is 0. The molecular weight excluding hydrogens is 328 g/mol. The predicted molar refractivity (Wildman–Crippen MR) is 80.8 cm³/mol. The number of hydrogen-bond acceptors (Lipinski definition) is 2. The predicted octanol–water partition coefficient (Wildman–Crippen LogP) is 4.37. The summed E-state index contributed by atoms with van der Waals surface area (Å²) in [4.78, 5) is 16.2. The highest BCUT2D eigenvalue weighted by Crippen LogP contribution is 2.19. The van der Waals surface area contributed by atoms with E-state index in [9.17, 15) is 4.79 Å². The molecule has 0 saturated carbocycles. The first-order valence-electron chi connectivity index (χ1n) is 5.67. The first-order chi connectivity index (χ1) is 8.97. The number of nitrogens with zero attached hydrogens (tertiary/aromatic N) is 1. The highest BCUT2D eigenvalue weighted by molar-refractivity contribution is 9.10. The molecular formula is C14H12BrClN2O. The van der Waals surface area contributed by atoms with E-state index in [4.69, 9.17) is 11.6 Å². The molecule has 19 heavy (non-hydrogen) atoms. The Morgan fingerprint density at radius 1 is 1.26 bits per heavy atom. The van der Waals surface area contributed by atoms with Crippen molar-refractivity contribution in [1.29, 1.82) is 0 Å². The highest BCUT2D eigenvalue weighted by atomic mass is 79.9. The monoisotopic (exact) mass is 338 g/mol. The van der Waals surface area contributed by atoms with Gasteiger partial charge in [0.05, 0.1) is 11.9 Å². The quantitative estimate of drug-likeness (QED) is 0.826. The van der Waals surface area contributed by atoms with Gasteiger partial charge in [0.2, 0.25) is 0 Å². The van der Waals surface area contributed by atoms with Crippen molar-refractivity contribution in [2.24, 2.45) is 0 Å². The van der Waals surface area contributed by atoms with Gasteiger partial charge in [-0.05, 0) is 43.2 Å². The summed E-state index contributed by atoms with van der Waals surface area (Å²) in [6.45, 7) is 3.74. The first-order valence-corrected chi connectivity index (χ1v) is 6.84. The van der Waals surface area contributed by atoms with Crippen LogP contribution >= 0.6 is 27.5 Å². The summed E-state index contributed by atoms with van der Waals surface area (Å²) < 4.78 is 0.869. The third kappa shape index (κ3) is 3.33. The molecule has 0 saturated heterocycles. The molecule has 3 nitrogen and oxygen atoms in total. The number of anilines is 1. The van der Waals surface area contributed by atoms with Gasteiger partial charge in [0, 0.05) is 10.0 Å². The highest BCUT2D eigenvalue weighted by Gasteiger charge is 2.10. The average Bonchev–Trinajstić information content (AvgIpc) is 2.36. The van der Waals surface area contributed by atoms with Gasteiger partial charge >= 0.3 is 0 Å². The number of pyridine rings is 1. The van der Waals surface area contributed by atoms with E-state index in [-0.39, 0.29) is 5.91 Å². The molecule has 1 aromatic carbocycles. The molecule has 0 bridgehead atoms. The lowest BCUT2D eigenvalue weighted by Gasteiger charge is -2.09. The van der Waals surface area contributed by atoms with Crippen molar-refractivity contribution in [3.8, 4) is 0 Å². The summed E-state index contributed by atoms with van der Waals surface area (Å²) in [5, 5.41) is 3.25. The van der Waals surface area contributed by atoms with Crippen LogP contribution in [0.3, 0.4) is 0 Å². The molecule has 0 aliphatic carbocycles. The van der Waals surface area contributed by atoms with Crippen LogP contribution in [0.1, 0.15) is 21.5 Å². The van der Waals surface area contributed by atoms with Crippen molar-refractivity contribution in [2.45, 2.75) is 13.8 Å². The van der Waals surface area contributed by atoms with Crippen LogP contribution in [0.25, 0.3) is 0 Å². The van der Waals surface area contributed by atoms with Gasteiger partial charge in [0.25, 0.3) is 5.91 Å². The van der Waals surface area contributed by atoms with Crippen LogP contribution in [0.4, 0.5) is 5.69 Å². The van der Waals surface area contributed by atoms with Crippen LogP contribution in [-0.2, 0) is 0 Å². The molecule has 0 spiro atoms. The number of aryl methyl sites for hydroxylation is 2. The number of nitrogens with one attached hydrogen (secondary N) is 1. The largest absolute Gasteiger partial charge is 0.321 e. The van der Waals surface area contributed by atoms with E-state index in [1.807, 2.05) is 26.0 Å². The van der Waals surface area contributed by atoms with E-state index in [0.29, 0.717) is 16.4 Å². The number of hydrogen-bond donors (Lipinski definition) is 1. The zero-order chi connectivity index (χ0) is 14.0. The van der Waals surface area contributed by atoms with Crippen LogP contribution in [0, 0.1) is 13.8 Å². The minimum Gasteiger partial charge on any atom is -0.321 e. The molecule has 0 atom stereocenters. The van der Waals surface area contributed by atoms with Gasteiger partial charge in [-0.25, -0.2) is 4.98 Å². The number of carbonyl (C=O) groups excluding carboxylic acids is 1. The summed E-state index contributed by atoms with van der Waals surface area (Å²) in [6, 6.07) is 7.38. The Bertz CT molecular complexity index is 643. The van der Waals surface area contributed by atoms with E-state index in [0.717, 1.165) is 15.6 Å². The lowest BCUT2D eigenvalue weighted by molar-refractivity contribution is 0.102. The smallest absolute Gasteiger partial charge is 0.256 e. The second-order valence-corrected chi connectivity index (χ2v) is 5.52. The van der Waals surface area contributed by atoms with Crippen molar-refractivity contribution in [2.75, 3.05) is 5.32 Å². The second kappa shape index (κ2) is 5.72. The van der Waals surface area contributed by atoms with Crippen molar-refractivity contribution < 1.29 is 4.79 Å². The molecule has 1 N–H and O–H groups in total. The van der Waals surface area contributed by atoms with Crippen LogP contribution in [-0.4, -0.2) is 10.9 Å². The summed E-state index contributed by atoms with van der Waals surface area (Å²) >= 11 is 9.21. The maximum absolute atomic E-state index is 12.2. The Morgan fingerprint density at radius 2 is 2.00 bits per heavy atom. The van der Waals surface area contributed by atoms with Gasteiger partial charge in [-0.1, -0.05) is 33.6 Å². The zero-order valence-electron chi connectivity index (χ0n) is 10.5. The summed E-state index contributed by atoms with van der Waals surface area (Å²) in [5.41, 5.74) is 3.00. The fraction of sp³-hybridized carbons (Fsp3) is 0.143. The molecule has 0 unspecified atom stereocenters. The first kappa shape index (κ1) is 14.0. The zero-order valence-corrected chi connectivity index (χ0v) is 12.8. The Kier molecular flexibility index (Phi) is 4.22. The maximum atomic E-state index is 12.2. The van der Waals surface area contributed by atoms with Gasteiger partial charge in [0.1, 0.15) is 5.15 Å². The Balaban J connectivity index is 2.25. The minimum atomic E-state index is -0.165. The molecule has 1 heterocycles. The maximum Gasteiger partial charge on any atom is 0.256 e. The molecule has 1 aromatic heterocycles. The number of rotatable bonds is 2. The Hall–Kier alpha value is -1.39. The third-order valence-corrected chi connectivity index (χ3v) is 3.61. The Morgan fingerprint density at radius 3 is 2.68 bits per heavy atom. The van der Waals surface area contributed by atoms with Crippen LogP contribution in [0.2, 0.25) is 5.15 Å². The van der Waals surface area contributed by atoms with Gasteiger partial charge in [0.15, 0.2) is 0 Å². The van der Waals surface area contributed by atoms with Gasteiger partial charge in [-0.2, -0.15) is 0 Å². The lowest BCUT2D eigenvalue weighted by atomic mass is 10.1. The molecule has 2 rings (SSSR count). The number of amides is 1. The van der Waals surface area contributed by atoms with E-state index < -0.39 is 0 Å².